The number of ether oxygens (including phenoxy) is 2. The quantitative estimate of drug-likeness (QED) is 0.603. The molecule has 2 saturated heterocycles. The zero-order chi connectivity index (χ0) is 18.6. The Kier molecular flexibility index (Phi) is 4.69. The molecular weight excluding hydrogens is 330 g/mol. The summed E-state index contributed by atoms with van der Waals surface area (Å²) < 4.78 is 11.6. The van der Waals surface area contributed by atoms with E-state index < -0.39 is 6.10 Å². The zero-order valence-electron chi connectivity index (χ0n) is 16.5. The predicted octanol–water partition coefficient (Wildman–Crippen LogP) is 2.38. The predicted molar refractivity (Wildman–Crippen MR) is 98.5 cm³/mol. The molecule has 4 aliphatic rings. The first-order valence-electron chi connectivity index (χ1n) is 10.3. The monoisotopic (exact) mass is 363 g/mol. The van der Waals surface area contributed by atoms with E-state index in [1.165, 1.54) is 5.57 Å². The molecule has 8 unspecified atom stereocenters. The first-order chi connectivity index (χ1) is 12.3. The molecular formula is C21H33NO4. The smallest absolute Gasteiger partial charge is 0.311 e. The lowest BCUT2D eigenvalue weighted by atomic mass is 9.55. The van der Waals surface area contributed by atoms with Gasteiger partial charge >= 0.3 is 5.97 Å². The van der Waals surface area contributed by atoms with Crippen molar-refractivity contribution in [2.45, 2.75) is 71.4 Å². The van der Waals surface area contributed by atoms with Crippen molar-refractivity contribution in [1.82, 2.24) is 4.90 Å². The van der Waals surface area contributed by atoms with E-state index in [1.807, 2.05) is 0 Å². The molecule has 1 saturated carbocycles. The number of hydrogen-bond donors (Lipinski definition) is 1. The Morgan fingerprint density at radius 1 is 1.27 bits per heavy atom. The fourth-order valence-corrected chi connectivity index (χ4v) is 5.99. The zero-order valence-corrected chi connectivity index (χ0v) is 16.5. The molecule has 4 rings (SSSR count). The third-order valence-corrected chi connectivity index (χ3v) is 7.52. The van der Waals surface area contributed by atoms with E-state index >= 15 is 0 Å². The van der Waals surface area contributed by atoms with Gasteiger partial charge in [0.15, 0.2) is 0 Å². The number of fused-ring (bicyclic) bond motifs is 2. The number of rotatable bonds is 2. The minimum atomic E-state index is -0.518. The van der Waals surface area contributed by atoms with Crippen LogP contribution < -0.4 is 0 Å². The minimum absolute atomic E-state index is 0.0985. The number of esters is 1. The van der Waals surface area contributed by atoms with Gasteiger partial charge in [0.25, 0.3) is 0 Å². The largest absolute Gasteiger partial charge is 0.461 e. The van der Waals surface area contributed by atoms with Crippen molar-refractivity contribution in [3.05, 3.63) is 11.6 Å². The molecule has 0 spiro atoms. The molecule has 2 aliphatic carbocycles. The van der Waals surface area contributed by atoms with Crippen molar-refractivity contribution in [1.29, 1.82) is 0 Å². The Morgan fingerprint density at radius 3 is 2.65 bits per heavy atom. The summed E-state index contributed by atoms with van der Waals surface area (Å²) in [5, 5.41) is 11.4. The maximum absolute atomic E-state index is 12.7. The molecule has 1 N–H and O–H groups in total. The molecule has 0 bridgehead atoms. The van der Waals surface area contributed by atoms with E-state index in [4.69, 9.17) is 9.47 Å². The van der Waals surface area contributed by atoms with E-state index in [2.05, 4.69) is 38.7 Å². The molecule has 146 valence electrons. The topological polar surface area (TPSA) is 59.0 Å². The van der Waals surface area contributed by atoms with Gasteiger partial charge in [-0.2, -0.15) is 0 Å². The number of hydrogen-bond acceptors (Lipinski definition) is 5. The average Bonchev–Trinajstić information content (AvgIpc) is 2.85. The van der Waals surface area contributed by atoms with Crippen LogP contribution in [-0.2, 0) is 14.3 Å². The summed E-state index contributed by atoms with van der Waals surface area (Å²) in [6, 6.07) is 0. The molecule has 0 amide bonds. The highest BCUT2D eigenvalue weighted by molar-refractivity contribution is 5.76. The van der Waals surface area contributed by atoms with Crippen LogP contribution in [0.4, 0.5) is 0 Å². The molecule has 3 fully saturated rings. The Labute approximate surface area is 156 Å². The molecule has 5 nitrogen and oxygen atoms in total. The second-order valence-electron chi connectivity index (χ2n) is 9.27. The molecule has 5 heteroatoms. The summed E-state index contributed by atoms with van der Waals surface area (Å²) in [4.78, 5) is 15.0. The number of allylic oxidation sites excluding steroid dienone is 1. The number of aliphatic hydroxyl groups is 1. The van der Waals surface area contributed by atoms with Gasteiger partial charge in [0, 0.05) is 37.4 Å². The average molecular weight is 363 g/mol. The highest BCUT2D eigenvalue weighted by Crippen LogP contribution is 2.56. The molecule has 26 heavy (non-hydrogen) atoms. The Balaban J connectivity index is 1.57. The maximum Gasteiger partial charge on any atom is 0.311 e. The number of aliphatic hydroxyl groups excluding tert-OH is 1. The standard InChI is InChI=1S/C21H33NO4/c1-12-6-5-7-15-8-17-18(19(23)21(12,15)4)16(20(24)26-17)11-22-9-13(2)25-14(3)10-22/h7,12-14,16-19,23H,5-6,8-11H2,1-4H3. The Morgan fingerprint density at radius 2 is 1.96 bits per heavy atom. The SMILES string of the molecule is CC1CN(CC2C(=O)OC3CC4=CCCC(C)C4(C)C(O)C32)CC(C)O1. The highest BCUT2D eigenvalue weighted by Gasteiger charge is 2.59. The summed E-state index contributed by atoms with van der Waals surface area (Å²) in [6.07, 6.45) is 4.91. The lowest BCUT2D eigenvalue weighted by molar-refractivity contribution is -0.145. The summed E-state index contributed by atoms with van der Waals surface area (Å²) in [7, 11) is 0. The van der Waals surface area contributed by atoms with Crippen LogP contribution in [0.2, 0.25) is 0 Å². The molecule has 0 radical (unpaired) electrons. The van der Waals surface area contributed by atoms with Crippen molar-refractivity contribution >= 4 is 5.97 Å². The van der Waals surface area contributed by atoms with Crippen molar-refractivity contribution < 1.29 is 19.4 Å². The number of carbonyl (C=O) groups is 1. The van der Waals surface area contributed by atoms with E-state index in [0.29, 0.717) is 12.5 Å². The van der Waals surface area contributed by atoms with Crippen LogP contribution in [0.3, 0.4) is 0 Å². The van der Waals surface area contributed by atoms with Crippen LogP contribution in [0.15, 0.2) is 11.6 Å². The van der Waals surface area contributed by atoms with E-state index in [1.54, 1.807) is 0 Å². The van der Waals surface area contributed by atoms with Crippen molar-refractivity contribution in [3.63, 3.8) is 0 Å². The number of carbonyl (C=O) groups excluding carboxylic acids is 1. The van der Waals surface area contributed by atoms with Crippen LogP contribution in [0.1, 0.15) is 47.0 Å². The van der Waals surface area contributed by atoms with Crippen molar-refractivity contribution in [3.8, 4) is 0 Å². The summed E-state index contributed by atoms with van der Waals surface area (Å²) in [5.74, 6) is -0.0294. The lowest BCUT2D eigenvalue weighted by Crippen LogP contribution is -2.55. The first-order valence-corrected chi connectivity index (χ1v) is 10.3. The van der Waals surface area contributed by atoms with E-state index in [9.17, 15) is 9.90 Å². The van der Waals surface area contributed by atoms with Gasteiger partial charge in [-0.25, -0.2) is 0 Å². The second kappa shape index (κ2) is 6.61. The Bertz CT molecular complexity index is 595. The molecule has 0 aromatic rings. The number of morpholine rings is 1. The fraction of sp³-hybridized carbons (Fsp3) is 0.857. The van der Waals surface area contributed by atoms with Crippen LogP contribution in [0.25, 0.3) is 0 Å². The van der Waals surface area contributed by atoms with E-state index in [-0.39, 0.29) is 41.5 Å². The van der Waals surface area contributed by atoms with Crippen LogP contribution in [-0.4, -0.2) is 60.0 Å². The normalized spacial score (nSPS) is 49.2. The van der Waals surface area contributed by atoms with Gasteiger partial charge in [0.1, 0.15) is 6.10 Å². The third kappa shape index (κ3) is 2.83. The van der Waals surface area contributed by atoms with E-state index in [0.717, 1.165) is 32.4 Å². The molecule has 0 aromatic carbocycles. The van der Waals surface area contributed by atoms with Gasteiger partial charge in [0.2, 0.25) is 0 Å². The summed E-state index contributed by atoms with van der Waals surface area (Å²) in [5.41, 5.74) is 1.07. The molecule has 8 atom stereocenters. The fourth-order valence-electron chi connectivity index (χ4n) is 5.99. The molecule has 2 aliphatic heterocycles. The molecule has 2 heterocycles. The Hall–Kier alpha value is -0.910. The van der Waals surface area contributed by atoms with Gasteiger partial charge in [-0.1, -0.05) is 25.5 Å². The van der Waals surface area contributed by atoms with Crippen LogP contribution >= 0.6 is 0 Å². The first kappa shape index (κ1) is 18.5. The summed E-state index contributed by atoms with van der Waals surface area (Å²) in [6.45, 7) is 10.9. The molecule has 0 aromatic heterocycles. The van der Waals surface area contributed by atoms with Gasteiger partial charge in [0.05, 0.1) is 24.2 Å². The van der Waals surface area contributed by atoms with Gasteiger partial charge in [-0.05, 0) is 32.6 Å². The van der Waals surface area contributed by atoms with Crippen molar-refractivity contribution in [2.75, 3.05) is 19.6 Å². The minimum Gasteiger partial charge on any atom is -0.461 e. The van der Waals surface area contributed by atoms with Gasteiger partial charge in [-0.3, -0.25) is 9.69 Å². The van der Waals surface area contributed by atoms with Crippen LogP contribution in [0.5, 0.6) is 0 Å². The second-order valence-corrected chi connectivity index (χ2v) is 9.27. The number of nitrogens with zero attached hydrogens (tertiary/aromatic N) is 1. The van der Waals surface area contributed by atoms with Crippen molar-refractivity contribution in [2.24, 2.45) is 23.2 Å². The highest BCUT2D eigenvalue weighted by atomic mass is 16.6. The van der Waals surface area contributed by atoms with Gasteiger partial charge in [-0.15, -0.1) is 0 Å². The third-order valence-electron chi connectivity index (χ3n) is 7.52. The maximum atomic E-state index is 12.7. The van der Waals surface area contributed by atoms with Crippen LogP contribution in [0, 0.1) is 23.2 Å². The summed E-state index contributed by atoms with van der Waals surface area (Å²) >= 11 is 0. The van der Waals surface area contributed by atoms with Gasteiger partial charge < -0.3 is 14.6 Å². The lowest BCUT2D eigenvalue weighted by Gasteiger charge is -2.52.